The first-order valence-electron chi connectivity index (χ1n) is 6.22. The van der Waals surface area contributed by atoms with Gasteiger partial charge in [0.15, 0.2) is 0 Å². The number of sulfonamides is 1. The third kappa shape index (κ3) is 3.28. The number of hydrogen-bond donors (Lipinski definition) is 0. The number of benzene rings is 1. The maximum Gasteiger partial charge on any atom is 0.243 e. The Balaban J connectivity index is 2.25. The normalized spacial score (nSPS) is 20.8. The van der Waals surface area contributed by atoms with Crippen molar-refractivity contribution >= 4 is 33.1 Å². The Morgan fingerprint density at radius 1 is 1.37 bits per heavy atom. The minimum absolute atomic E-state index is 0.310. The standard InChI is InChI=1S/C13H16N2O2S2/c1-11-3-2-8-15(9-11)19(16,17)13-6-4-12(5-7-13)14-10-18/h4-7,11H,2-3,8-9H2,1H3/t11-/m0/s1. The smallest absolute Gasteiger partial charge is 0.207 e. The molecule has 0 aromatic heterocycles. The third-order valence-corrected chi connectivity index (χ3v) is 5.24. The number of rotatable bonds is 3. The molecule has 0 radical (unpaired) electrons. The summed E-state index contributed by atoms with van der Waals surface area (Å²) in [7, 11) is -3.38. The lowest BCUT2D eigenvalue weighted by Crippen LogP contribution is -2.39. The average Bonchev–Trinajstić information content (AvgIpc) is 2.40. The molecule has 102 valence electrons. The van der Waals surface area contributed by atoms with Gasteiger partial charge in [0.05, 0.1) is 15.7 Å². The highest BCUT2D eigenvalue weighted by Crippen LogP contribution is 2.24. The zero-order valence-corrected chi connectivity index (χ0v) is 12.4. The molecule has 1 aromatic carbocycles. The second kappa shape index (κ2) is 5.92. The lowest BCUT2D eigenvalue weighted by Gasteiger charge is -2.30. The lowest BCUT2D eigenvalue weighted by molar-refractivity contribution is 0.281. The van der Waals surface area contributed by atoms with Gasteiger partial charge in [-0.2, -0.15) is 9.30 Å². The summed E-state index contributed by atoms with van der Waals surface area (Å²) in [5.41, 5.74) is 0.612. The Morgan fingerprint density at radius 3 is 2.63 bits per heavy atom. The van der Waals surface area contributed by atoms with Gasteiger partial charge in [0.1, 0.15) is 0 Å². The fourth-order valence-corrected chi connectivity index (χ4v) is 3.96. The van der Waals surface area contributed by atoms with E-state index in [4.69, 9.17) is 0 Å². The fraction of sp³-hybridized carbons (Fsp3) is 0.462. The van der Waals surface area contributed by atoms with Crippen LogP contribution in [0, 0.1) is 5.92 Å². The molecule has 19 heavy (non-hydrogen) atoms. The van der Waals surface area contributed by atoms with Crippen molar-refractivity contribution in [3.63, 3.8) is 0 Å². The van der Waals surface area contributed by atoms with Crippen molar-refractivity contribution in [3.05, 3.63) is 24.3 Å². The van der Waals surface area contributed by atoms with Gasteiger partial charge in [-0.1, -0.05) is 6.92 Å². The summed E-state index contributed by atoms with van der Waals surface area (Å²) < 4.78 is 26.5. The van der Waals surface area contributed by atoms with Gasteiger partial charge in [0, 0.05) is 13.1 Å². The molecule has 0 unspecified atom stereocenters. The Labute approximate surface area is 119 Å². The van der Waals surface area contributed by atoms with Crippen LogP contribution < -0.4 is 0 Å². The molecule has 1 saturated heterocycles. The van der Waals surface area contributed by atoms with E-state index >= 15 is 0 Å². The lowest BCUT2D eigenvalue weighted by atomic mass is 10.0. The molecule has 4 nitrogen and oxygen atoms in total. The molecule has 2 rings (SSSR count). The first kappa shape index (κ1) is 14.3. The molecule has 1 aliphatic heterocycles. The Kier molecular flexibility index (Phi) is 4.47. The Morgan fingerprint density at radius 2 is 2.05 bits per heavy atom. The van der Waals surface area contributed by atoms with Crippen LogP contribution in [0.2, 0.25) is 0 Å². The number of aliphatic imine (C=N–C) groups is 1. The van der Waals surface area contributed by atoms with E-state index < -0.39 is 10.0 Å². The van der Waals surface area contributed by atoms with Crippen LogP contribution in [0.5, 0.6) is 0 Å². The molecule has 0 bridgehead atoms. The van der Waals surface area contributed by atoms with Gasteiger partial charge < -0.3 is 0 Å². The molecule has 0 spiro atoms. The van der Waals surface area contributed by atoms with E-state index in [9.17, 15) is 8.42 Å². The molecule has 0 aliphatic carbocycles. The van der Waals surface area contributed by atoms with Crippen molar-refractivity contribution in [3.8, 4) is 0 Å². The number of piperidine rings is 1. The van der Waals surface area contributed by atoms with Gasteiger partial charge in [0.2, 0.25) is 10.0 Å². The average molecular weight is 296 g/mol. The molecule has 0 N–H and O–H groups in total. The quantitative estimate of drug-likeness (QED) is 0.636. The first-order chi connectivity index (χ1) is 9.04. The maximum absolute atomic E-state index is 12.5. The summed E-state index contributed by atoms with van der Waals surface area (Å²) in [5.74, 6) is 0.419. The van der Waals surface area contributed by atoms with Crippen LogP contribution in [-0.4, -0.2) is 31.0 Å². The second-order valence-electron chi connectivity index (χ2n) is 4.81. The highest BCUT2D eigenvalue weighted by Gasteiger charge is 2.28. The summed E-state index contributed by atoms with van der Waals surface area (Å²) >= 11 is 4.51. The van der Waals surface area contributed by atoms with Crippen LogP contribution in [0.1, 0.15) is 19.8 Å². The highest BCUT2D eigenvalue weighted by molar-refractivity contribution is 7.89. The van der Waals surface area contributed by atoms with Crippen molar-refractivity contribution in [1.82, 2.24) is 4.31 Å². The molecule has 1 fully saturated rings. The van der Waals surface area contributed by atoms with Gasteiger partial charge in [-0.25, -0.2) is 8.42 Å². The molecule has 1 atom stereocenters. The van der Waals surface area contributed by atoms with Crippen molar-refractivity contribution in [1.29, 1.82) is 0 Å². The number of hydrogen-bond acceptors (Lipinski definition) is 4. The topological polar surface area (TPSA) is 49.7 Å². The largest absolute Gasteiger partial charge is 0.243 e. The van der Waals surface area contributed by atoms with E-state index in [0.29, 0.717) is 29.6 Å². The molecule has 0 amide bonds. The number of thiocarbonyl (C=S) groups is 1. The van der Waals surface area contributed by atoms with E-state index in [2.05, 4.69) is 29.3 Å². The van der Waals surface area contributed by atoms with Crippen LogP contribution in [0.25, 0.3) is 0 Å². The van der Waals surface area contributed by atoms with Crippen molar-refractivity contribution in [2.75, 3.05) is 13.1 Å². The monoisotopic (exact) mass is 296 g/mol. The minimum Gasteiger partial charge on any atom is -0.207 e. The van der Waals surface area contributed by atoms with Gasteiger partial charge in [-0.15, -0.1) is 0 Å². The summed E-state index contributed by atoms with van der Waals surface area (Å²) in [6, 6.07) is 6.42. The number of nitrogens with zero attached hydrogens (tertiary/aromatic N) is 2. The van der Waals surface area contributed by atoms with E-state index in [0.717, 1.165) is 12.8 Å². The number of isothiocyanates is 1. The molecule has 0 saturated carbocycles. The predicted molar refractivity (Wildman–Crippen MR) is 78.3 cm³/mol. The summed E-state index contributed by atoms with van der Waals surface area (Å²) in [5, 5.41) is 2.26. The van der Waals surface area contributed by atoms with Crippen molar-refractivity contribution < 1.29 is 8.42 Å². The Hall–Kier alpha value is -1.07. The van der Waals surface area contributed by atoms with E-state index in [1.807, 2.05) is 0 Å². The van der Waals surface area contributed by atoms with Gasteiger partial charge in [-0.05, 0) is 55.2 Å². The van der Waals surface area contributed by atoms with Gasteiger partial charge in [-0.3, -0.25) is 0 Å². The SMILES string of the molecule is C[C@H]1CCCN(S(=O)(=O)c2ccc(N=C=S)cc2)C1. The van der Waals surface area contributed by atoms with E-state index in [1.165, 1.54) is 0 Å². The molecule has 1 aromatic rings. The Bertz CT molecular complexity index is 590. The van der Waals surface area contributed by atoms with E-state index in [1.54, 1.807) is 28.6 Å². The molecule has 6 heteroatoms. The molecular weight excluding hydrogens is 280 g/mol. The summed E-state index contributed by atoms with van der Waals surface area (Å²) in [6.07, 6.45) is 2.02. The maximum atomic E-state index is 12.5. The predicted octanol–water partition coefficient (Wildman–Crippen LogP) is 2.84. The van der Waals surface area contributed by atoms with Crippen LogP contribution in [0.15, 0.2) is 34.2 Å². The molecule has 1 aliphatic rings. The molecule has 1 heterocycles. The van der Waals surface area contributed by atoms with E-state index in [-0.39, 0.29) is 0 Å². The van der Waals surface area contributed by atoms with Crippen LogP contribution in [0.3, 0.4) is 0 Å². The van der Waals surface area contributed by atoms with Crippen molar-refractivity contribution in [2.24, 2.45) is 10.9 Å². The van der Waals surface area contributed by atoms with Crippen molar-refractivity contribution in [2.45, 2.75) is 24.7 Å². The highest BCUT2D eigenvalue weighted by atomic mass is 32.2. The zero-order chi connectivity index (χ0) is 13.9. The fourth-order valence-electron chi connectivity index (χ4n) is 2.26. The van der Waals surface area contributed by atoms with Gasteiger partial charge in [0.25, 0.3) is 0 Å². The minimum atomic E-state index is -3.38. The van der Waals surface area contributed by atoms with Crippen LogP contribution in [0.4, 0.5) is 5.69 Å². The summed E-state index contributed by atoms with van der Waals surface area (Å²) in [4.78, 5) is 4.12. The van der Waals surface area contributed by atoms with Gasteiger partial charge >= 0.3 is 0 Å². The zero-order valence-electron chi connectivity index (χ0n) is 10.7. The molecular formula is C13H16N2O2S2. The first-order valence-corrected chi connectivity index (χ1v) is 8.07. The second-order valence-corrected chi connectivity index (χ2v) is 6.93. The van der Waals surface area contributed by atoms with Crippen LogP contribution >= 0.6 is 12.2 Å². The third-order valence-electron chi connectivity index (χ3n) is 3.27. The van der Waals surface area contributed by atoms with Crippen LogP contribution in [-0.2, 0) is 10.0 Å². The summed E-state index contributed by atoms with van der Waals surface area (Å²) in [6.45, 7) is 3.29.